The summed E-state index contributed by atoms with van der Waals surface area (Å²) >= 11 is 0. The molecule has 9 heteroatoms. The standard InChI is InChI=1S/C16H21FN6O2/c1-22(2)16-18-5-3-14(20-16)23-10-11(17)7-13(23)9-19-15(24)8-12-4-6-25-21-12/h3-6,11,13H,7-10H2,1-2H3,(H,19,24)/t11-,13-/m0/s1. The molecule has 0 aromatic carbocycles. The molecular weight excluding hydrogens is 327 g/mol. The van der Waals surface area contributed by atoms with E-state index in [1.54, 1.807) is 23.2 Å². The molecule has 0 radical (unpaired) electrons. The molecule has 1 saturated heterocycles. The molecule has 2 aromatic heterocycles. The van der Waals surface area contributed by atoms with Crippen molar-refractivity contribution in [3.05, 3.63) is 30.3 Å². The third-order valence-corrected chi connectivity index (χ3v) is 4.05. The predicted octanol–water partition coefficient (Wildman–Crippen LogP) is 0.806. The molecule has 0 unspecified atom stereocenters. The van der Waals surface area contributed by atoms with Crippen LogP contribution in [0.5, 0.6) is 0 Å². The molecule has 0 spiro atoms. The smallest absolute Gasteiger partial charge is 0.226 e. The quantitative estimate of drug-likeness (QED) is 0.826. The Kier molecular flexibility index (Phi) is 5.11. The molecule has 2 atom stereocenters. The molecule has 1 fully saturated rings. The lowest BCUT2D eigenvalue weighted by Gasteiger charge is -2.26. The molecule has 1 N–H and O–H groups in total. The molecule has 1 amide bonds. The summed E-state index contributed by atoms with van der Waals surface area (Å²) in [6, 6.07) is 3.25. The Bertz CT molecular complexity index is 708. The van der Waals surface area contributed by atoms with Gasteiger partial charge in [0, 0.05) is 39.3 Å². The topological polar surface area (TPSA) is 87.4 Å². The first-order valence-corrected chi connectivity index (χ1v) is 8.10. The van der Waals surface area contributed by atoms with Crippen LogP contribution in [0.25, 0.3) is 0 Å². The first-order chi connectivity index (χ1) is 12.0. The van der Waals surface area contributed by atoms with Crippen molar-refractivity contribution in [2.45, 2.75) is 25.1 Å². The average Bonchev–Trinajstić information content (AvgIpc) is 3.22. The van der Waals surface area contributed by atoms with Crippen LogP contribution in [0.4, 0.5) is 16.2 Å². The fourth-order valence-electron chi connectivity index (χ4n) is 2.84. The number of carbonyl (C=O) groups is 1. The number of carbonyl (C=O) groups excluding carboxylic acids is 1. The van der Waals surface area contributed by atoms with E-state index in [0.717, 1.165) is 0 Å². The van der Waals surface area contributed by atoms with Crippen molar-refractivity contribution >= 4 is 17.7 Å². The first-order valence-electron chi connectivity index (χ1n) is 8.10. The molecule has 0 saturated carbocycles. The van der Waals surface area contributed by atoms with Crippen LogP contribution in [-0.4, -0.2) is 60.4 Å². The summed E-state index contributed by atoms with van der Waals surface area (Å²) < 4.78 is 18.7. The lowest BCUT2D eigenvalue weighted by molar-refractivity contribution is -0.120. The third-order valence-electron chi connectivity index (χ3n) is 4.05. The lowest BCUT2D eigenvalue weighted by Crippen LogP contribution is -2.41. The minimum atomic E-state index is -0.949. The third kappa shape index (κ3) is 4.23. The van der Waals surface area contributed by atoms with Crippen molar-refractivity contribution in [3.8, 4) is 0 Å². The van der Waals surface area contributed by atoms with Gasteiger partial charge in [-0.1, -0.05) is 5.16 Å². The van der Waals surface area contributed by atoms with Crippen LogP contribution in [0.15, 0.2) is 29.1 Å². The SMILES string of the molecule is CN(C)c1nccc(N2C[C@@H](F)C[C@H]2CNC(=O)Cc2ccon2)n1. The zero-order valence-corrected chi connectivity index (χ0v) is 14.2. The second kappa shape index (κ2) is 7.45. The summed E-state index contributed by atoms with van der Waals surface area (Å²) in [6.07, 6.45) is 2.62. The first kappa shape index (κ1) is 17.1. The van der Waals surface area contributed by atoms with Crippen LogP contribution in [0.2, 0.25) is 0 Å². The number of nitrogens with zero attached hydrogens (tertiary/aromatic N) is 5. The maximum Gasteiger partial charge on any atom is 0.226 e. The van der Waals surface area contributed by atoms with Crippen LogP contribution in [-0.2, 0) is 11.2 Å². The van der Waals surface area contributed by atoms with Gasteiger partial charge in [0.1, 0.15) is 18.3 Å². The Morgan fingerprint density at radius 3 is 3.04 bits per heavy atom. The minimum absolute atomic E-state index is 0.139. The Labute approximate surface area is 145 Å². The van der Waals surface area contributed by atoms with Gasteiger partial charge in [-0.05, 0) is 6.07 Å². The Morgan fingerprint density at radius 1 is 1.48 bits per heavy atom. The summed E-state index contributed by atoms with van der Waals surface area (Å²) in [6.45, 7) is 0.603. The zero-order chi connectivity index (χ0) is 17.8. The van der Waals surface area contributed by atoms with Gasteiger partial charge >= 0.3 is 0 Å². The molecular formula is C16H21FN6O2. The van der Waals surface area contributed by atoms with Gasteiger partial charge in [-0.25, -0.2) is 9.37 Å². The van der Waals surface area contributed by atoms with E-state index in [9.17, 15) is 9.18 Å². The van der Waals surface area contributed by atoms with E-state index in [2.05, 4.69) is 20.4 Å². The Hall–Kier alpha value is -2.71. The monoisotopic (exact) mass is 348 g/mol. The van der Waals surface area contributed by atoms with Crippen molar-refractivity contribution in [2.75, 3.05) is 37.0 Å². The van der Waals surface area contributed by atoms with E-state index in [4.69, 9.17) is 4.52 Å². The lowest BCUT2D eigenvalue weighted by atomic mass is 10.2. The molecule has 25 heavy (non-hydrogen) atoms. The largest absolute Gasteiger partial charge is 0.364 e. The number of nitrogens with one attached hydrogen (secondary N) is 1. The Morgan fingerprint density at radius 2 is 2.32 bits per heavy atom. The van der Waals surface area contributed by atoms with Gasteiger partial charge in [-0.2, -0.15) is 4.98 Å². The number of hydrogen-bond donors (Lipinski definition) is 1. The van der Waals surface area contributed by atoms with Gasteiger partial charge in [0.25, 0.3) is 0 Å². The highest BCUT2D eigenvalue weighted by Gasteiger charge is 2.33. The summed E-state index contributed by atoms with van der Waals surface area (Å²) in [5.74, 6) is 1.05. The maximum absolute atomic E-state index is 14.0. The van der Waals surface area contributed by atoms with Gasteiger partial charge < -0.3 is 19.6 Å². The molecule has 0 aliphatic carbocycles. The maximum atomic E-state index is 14.0. The van der Waals surface area contributed by atoms with Crippen molar-refractivity contribution in [1.29, 1.82) is 0 Å². The highest BCUT2D eigenvalue weighted by atomic mass is 19.1. The summed E-state index contributed by atoms with van der Waals surface area (Å²) in [7, 11) is 3.70. The van der Waals surface area contributed by atoms with Crippen LogP contribution in [0, 0.1) is 0 Å². The van der Waals surface area contributed by atoms with Crippen molar-refractivity contribution in [2.24, 2.45) is 0 Å². The molecule has 8 nitrogen and oxygen atoms in total. The fraction of sp³-hybridized carbons (Fsp3) is 0.500. The number of aromatic nitrogens is 3. The van der Waals surface area contributed by atoms with Gasteiger partial charge in [0.2, 0.25) is 11.9 Å². The number of amides is 1. The van der Waals surface area contributed by atoms with Crippen molar-refractivity contribution < 1.29 is 13.7 Å². The van der Waals surface area contributed by atoms with Gasteiger partial charge in [0.05, 0.1) is 24.7 Å². The number of alkyl halides is 1. The second-order valence-corrected chi connectivity index (χ2v) is 6.22. The predicted molar refractivity (Wildman–Crippen MR) is 90.2 cm³/mol. The van der Waals surface area contributed by atoms with Crippen molar-refractivity contribution in [1.82, 2.24) is 20.4 Å². The summed E-state index contributed by atoms with van der Waals surface area (Å²) in [5, 5.41) is 6.55. The van der Waals surface area contributed by atoms with Crippen molar-refractivity contribution in [3.63, 3.8) is 0 Å². The molecule has 134 valence electrons. The van der Waals surface area contributed by atoms with Crippen LogP contribution < -0.4 is 15.1 Å². The van der Waals surface area contributed by atoms with Crippen LogP contribution in [0.1, 0.15) is 12.1 Å². The average molecular weight is 348 g/mol. The number of anilines is 2. The number of rotatable bonds is 6. The van der Waals surface area contributed by atoms with E-state index in [1.807, 2.05) is 19.0 Å². The second-order valence-electron chi connectivity index (χ2n) is 6.22. The zero-order valence-electron chi connectivity index (χ0n) is 14.2. The van der Waals surface area contributed by atoms with Gasteiger partial charge in [-0.15, -0.1) is 0 Å². The summed E-state index contributed by atoms with van der Waals surface area (Å²) in [4.78, 5) is 24.3. The molecule has 3 rings (SSSR count). The van der Waals surface area contributed by atoms with Crippen LogP contribution in [0.3, 0.4) is 0 Å². The molecule has 2 aromatic rings. The summed E-state index contributed by atoms with van der Waals surface area (Å²) in [5.41, 5.74) is 0.565. The van der Waals surface area contributed by atoms with E-state index in [1.165, 1.54) is 6.26 Å². The van der Waals surface area contributed by atoms with E-state index in [-0.39, 0.29) is 24.9 Å². The van der Waals surface area contributed by atoms with Gasteiger partial charge in [0.15, 0.2) is 0 Å². The fourth-order valence-corrected chi connectivity index (χ4v) is 2.84. The molecule has 0 bridgehead atoms. The van der Waals surface area contributed by atoms with Gasteiger partial charge in [-0.3, -0.25) is 4.79 Å². The highest BCUT2D eigenvalue weighted by Crippen LogP contribution is 2.26. The molecule has 3 heterocycles. The number of hydrogen-bond acceptors (Lipinski definition) is 7. The van der Waals surface area contributed by atoms with E-state index < -0.39 is 6.17 Å². The molecule has 1 aliphatic heterocycles. The number of halogens is 1. The minimum Gasteiger partial charge on any atom is -0.364 e. The normalized spacial score (nSPS) is 19.9. The van der Waals surface area contributed by atoms with E-state index in [0.29, 0.717) is 30.4 Å². The van der Waals surface area contributed by atoms with E-state index >= 15 is 0 Å². The highest BCUT2D eigenvalue weighted by molar-refractivity contribution is 5.78. The molecule has 1 aliphatic rings. The van der Waals surface area contributed by atoms with Crippen LogP contribution >= 0.6 is 0 Å². The Balaban J connectivity index is 1.63.